The number of pyridine rings is 1. The Morgan fingerprint density at radius 1 is 1.06 bits per heavy atom. The maximum absolute atomic E-state index is 13.2. The zero-order valence-corrected chi connectivity index (χ0v) is 19.7. The number of rotatable bonds is 6. The molecule has 34 heavy (non-hydrogen) atoms. The van der Waals surface area contributed by atoms with Crippen LogP contribution in [0, 0.1) is 6.92 Å². The predicted molar refractivity (Wildman–Crippen MR) is 130 cm³/mol. The van der Waals surface area contributed by atoms with Crippen LogP contribution in [0.15, 0.2) is 35.4 Å². The first kappa shape index (κ1) is 22.4. The van der Waals surface area contributed by atoms with E-state index >= 15 is 0 Å². The van der Waals surface area contributed by atoms with Crippen LogP contribution in [-0.4, -0.2) is 32.4 Å². The lowest BCUT2D eigenvalue weighted by Crippen LogP contribution is -2.40. The number of hydrogen-bond acceptors (Lipinski definition) is 4. The molecular weight excluding hydrogens is 430 g/mol. The molecule has 5 rings (SSSR count). The second-order valence-electron chi connectivity index (χ2n) is 9.74. The molecule has 3 aromatic rings. The maximum Gasteiger partial charge on any atom is 0.257 e. The summed E-state index contributed by atoms with van der Waals surface area (Å²) in [5.74, 6) is -0.278. The van der Waals surface area contributed by atoms with Gasteiger partial charge in [0, 0.05) is 24.5 Å². The Bertz CT molecular complexity index is 1300. The monoisotopic (exact) mass is 461 g/mol. The van der Waals surface area contributed by atoms with Crippen molar-refractivity contribution >= 4 is 22.8 Å². The molecule has 2 heterocycles. The average molecular weight is 462 g/mol. The lowest BCUT2D eigenvalue weighted by molar-refractivity contribution is 0.0925. The van der Waals surface area contributed by atoms with Gasteiger partial charge in [0.25, 0.3) is 11.8 Å². The number of fused-ring (bicyclic) bond motifs is 1. The van der Waals surface area contributed by atoms with E-state index < -0.39 is 17.4 Å². The summed E-state index contributed by atoms with van der Waals surface area (Å²) in [6.45, 7) is 3.83. The third-order valence-electron chi connectivity index (χ3n) is 6.86. The first-order valence-electron chi connectivity index (χ1n) is 12.2. The summed E-state index contributed by atoms with van der Waals surface area (Å²) >= 11 is 0. The first-order chi connectivity index (χ1) is 16.4. The van der Waals surface area contributed by atoms with Crippen LogP contribution >= 0.6 is 0 Å². The summed E-state index contributed by atoms with van der Waals surface area (Å²) in [4.78, 5) is 47.2. The molecule has 2 saturated carbocycles. The zero-order valence-electron chi connectivity index (χ0n) is 19.7. The van der Waals surface area contributed by atoms with Crippen molar-refractivity contribution in [3.8, 4) is 0 Å². The molecule has 0 aliphatic heterocycles. The highest BCUT2D eigenvalue weighted by atomic mass is 16.2. The number of aryl methyl sites for hydroxylation is 1. The van der Waals surface area contributed by atoms with Crippen molar-refractivity contribution in [2.24, 2.45) is 0 Å². The average Bonchev–Trinajstić information content (AvgIpc) is 3.58. The Hall–Kier alpha value is -3.42. The van der Waals surface area contributed by atoms with Crippen molar-refractivity contribution in [2.75, 3.05) is 0 Å². The molecule has 0 saturated heterocycles. The van der Waals surface area contributed by atoms with Crippen molar-refractivity contribution in [3.05, 3.63) is 63.3 Å². The van der Waals surface area contributed by atoms with Crippen LogP contribution in [0.2, 0.25) is 0 Å². The predicted octanol–water partition coefficient (Wildman–Crippen LogP) is 3.92. The van der Waals surface area contributed by atoms with Gasteiger partial charge in [-0.15, -0.1) is 0 Å². The second-order valence-corrected chi connectivity index (χ2v) is 9.74. The minimum Gasteiger partial charge on any atom is -0.349 e. The normalized spacial score (nSPS) is 17.5. The molecule has 2 aliphatic carbocycles. The molecule has 2 amide bonds. The molecule has 2 aromatic heterocycles. The number of carbonyl (C=O) groups excluding carboxylic acids is 2. The quantitative estimate of drug-likeness (QED) is 0.517. The van der Waals surface area contributed by atoms with Gasteiger partial charge in [0.15, 0.2) is 0 Å². The minimum atomic E-state index is -0.532. The highest BCUT2D eigenvalue weighted by molar-refractivity contribution is 5.99. The summed E-state index contributed by atoms with van der Waals surface area (Å²) in [6, 6.07) is 5.80. The molecule has 0 radical (unpaired) electrons. The van der Waals surface area contributed by atoms with E-state index in [2.05, 4.69) is 20.6 Å². The molecule has 0 spiro atoms. The number of H-pyrrole nitrogens is 1. The summed E-state index contributed by atoms with van der Waals surface area (Å²) in [5, 5.41) is 5.90. The highest BCUT2D eigenvalue weighted by Gasteiger charge is 2.28. The van der Waals surface area contributed by atoms with Gasteiger partial charge in [-0.2, -0.15) is 0 Å². The lowest BCUT2D eigenvalue weighted by atomic mass is 9.95. The van der Waals surface area contributed by atoms with E-state index in [0.29, 0.717) is 5.82 Å². The van der Waals surface area contributed by atoms with Crippen LogP contribution in [0.1, 0.15) is 96.1 Å². The third kappa shape index (κ3) is 4.62. The number of benzene rings is 1. The molecule has 178 valence electrons. The molecule has 2 aliphatic rings. The van der Waals surface area contributed by atoms with Crippen LogP contribution in [0.25, 0.3) is 11.0 Å². The number of nitrogens with one attached hydrogen (secondary N) is 3. The van der Waals surface area contributed by atoms with Gasteiger partial charge in [0.2, 0.25) is 5.43 Å². The molecule has 8 heteroatoms. The van der Waals surface area contributed by atoms with E-state index in [1.807, 2.05) is 36.6 Å². The summed E-state index contributed by atoms with van der Waals surface area (Å²) in [7, 11) is 0. The SMILES string of the molecule is Cc1ccc2nc(C(C)NC(=O)c3cn(C4CC4)cc(C(=O)NC4CCCCC4)c3=O)[nH]c2c1. The van der Waals surface area contributed by atoms with Crippen LogP contribution in [-0.2, 0) is 0 Å². The van der Waals surface area contributed by atoms with Gasteiger partial charge >= 0.3 is 0 Å². The molecule has 1 unspecified atom stereocenters. The Morgan fingerprint density at radius 3 is 2.47 bits per heavy atom. The Balaban J connectivity index is 1.39. The maximum atomic E-state index is 13.2. The molecule has 0 bridgehead atoms. The van der Waals surface area contributed by atoms with Crippen LogP contribution in [0.5, 0.6) is 0 Å². The van der Waals surface area contributed by atoms with Gasteiger partial charge in [0.05, 0.1) is 17.1 Å². The topological polar surface area (TPSA) is 109 Å². The van der Waals surface area contributed by atoms with Crippen LogP contribution < -0.4 is 16.1 Å². The number of imidazole rings is 1. The fourth-order valence-corrected chi connectivity index (χ4v) is 4.71. The second kappa shape index (κ2) is 9.08. The summed E-state index contributed by atoms with van der Waals surface area (Å²) in [5.41, 5.74) is 2.32. The van der Waals surface area contributed by atoms with E-state index in [1.165, 1.54) is 6.42 Å². The standard InChI is InChI=1S/C26H31N5O3/c1-15-8-11-21-22(12-15)30-24(29-21)16(2)27-25(33)19-13-31(18-9-10-18)14-20(23(19)32)26(34)28-17-6-4-3-5-7-17/h8,11-14,16-18H,3-7,9-10H2,1-2H3,(H,27,33)(H,28,34)(H,29,30). The van der Waals surface area contributed by atoms with Gasteiger partial charge in [-0.25, -0.2) is 4.98 Å². The van der Waals surface area contributed by atoms with E-state index in [-0.39, 0.29) is 29.1 Å². The summed E-state index contributed by atoms with van der Waals surface area (Å²) in [6.07, 6.45) is 10.3. The number of aromatic nitrogens is 3. The van der Waals surface area contributed by atoms with Crippen molar-refractivity contribution in [2.45, 2.75) is 76.9 Å². The van der Waals surface area contributed by atoms with Crippen molar-refractivity contribution in [3.63, 3.8) is 0 Å². The van der Waals surface area contributed by atoms with Gasteiger partial charge in [-0.1, -0.05) is 25.3 Å². The lowest BCUT2D eigenvalue weighted by Gasteiger charge is -2.23. The molecule has 2 fully saturated rings. The van der Waals surface area contributed by atoms with E-state index in [1.54, 1.807) is 12.4 Å². The van der Waals surface area contributed by atoms with Gasteiger partial charge in [-0.3, -0.25) is 14.4 Å². The van der Waals surface area contributed by atoms with E-state index in [4.69, 9.17) is 0 Å². The van der Waals surface area contributed by atoms with E-state index in [0.717, 1.165) is 55.1 Å². The molecule has 1 atom stereocenters. The van der Waals surface area contributed by atoms with Crippen molar-refractivity contribution < 1.29 is 9.59 Å². The summed E-state index contributed by atoms with van der Waals surface area (Å²) < 4.78 is 1.85. The zero-order chi connectivity index (χ0) is 23.8. The molecule has 3 N–H and O–H groups in total. The minimum absolute atomic E-state index is 0.0120. The molecule has 8 nitrogen and oxygen atoms in total. The first-order valence-corrected chi connectivity index (χ1v) is 12.2. The number of carbonyl (C=O) groups is 2. The Morgan fingerprint density at radius 2 is 1.76 bits per heavy atom. The Labute approximate surface area is 198 Å². The third-order valence-corrected chi connectivity index (χ3v) is 6.86. The highest BCUT2D eigenvalue weighted by Crippen LogP contribution is 2.34. The number of amides is 2. The van der Waals surface area contributed by atoms with Gasteiger partial charge in [-0.05, 0) is 57.2 Å². The molecule has 1 aromatic carbocycles. The van der Waals surface area contributed by atoms with Crippen molar-refractivity contribution in [1.82, 2.24) is 25.2 Å². The fraction of sp³-hybridized carbons (Fsp3) is 0.462. The number of hydrogen-bond donors (Lipinski definition) is 3. The number of aromatic amines is 1. The van der Waals surface area contributed by atoms with Gasteiger partial charge < -0.3 is 20.2 Å². The largest absolute Gasteiger partial charge is 0.349 e. The van der Waals surface area contributed by atoms with Crippen molar-refractivity contribution in [1.29, 1.82) is 0 Å². The Kier molecular flexibility index (Phi) is 5.98. The molecular formula is C26H31N5O3. The van der Waals surface area contributed by atoms with Crippen LogP contribution in [0.4, 0.5) is 0 Å². The number of nitrogens with zero attached hydrogens (tertiary/aromatic N) is 2. The van der Waals surface area contributed by atoms with Gasteiger partial charge in [0.1, 0.15) is 17.0 Å². The smallest absolute Gasteiger partial charge is 0.257 e. The fourth-order valence-electron chi connectivity index (χ4n) is 4.71. The van der Waals surface area contributed by atoms with E-state index in [9.17, 15) is 14.4 Å². The van der Waals surface area contributed by atoms with Crippen LogP contribution in [0.3, 0.4) is 0 Å².